The molecule has 1 aromatic rings. The van der Waals surface area contributed by atoms with Gasteiger partial charge < -0.3 is 10.1 Å². The molecule has 86 valence electrons. The topological polar surface area (TPSA) is 38.3 Å². The molecule has 0 aromatic heterocycles. The molecule has 0 saturated carbocycles. The smallest absolute Gasteiger partial charge is 0.408 e. The number of amides is 1. The summed E-state index contributed by atoms with van der Waals surface area (Å²) in [5, 5.41) is 2.88. The van der Waals surface area contributed by atoms with Crippen LogP contribution in [0, 0.1) is 5.41 Å². The second kappa shape index (κ2) is 3.81. The van der Waals surface area contributed by atoms with Gasteiger partial charge in [-0.05, 0) is 11.0 Å². The van der Waals surface area contributed by atoms with Crippen molar-refractivity contribution in [1.29, 1.82) is 0 Å². The van der Waals surface area contributed by atoms with E-state index in [0.717, 1.165) is 5.56 Å². The third-order valence-corrected chi connectivity index (χ3v) is 2.87. The first-order valence-corrected chi connectivity index (χ1v) is 5.50. The van der Waals surface area contributed by atoms with Gasteiger partial charge in [0.25, 0.3) is 0 Å². The van der Waals surface area contributed by atoms with Crippen LogP contribution in [0.25, 0.3) is 0 Å². The molecule has 2 rings (SSSR count). The van der Waals surface area contributed by atoms with Crippen LogP contribution in [0.15, 0.2) is 30.3 Å². The van der Waals surface area contributed by atoms with Gasteiger partial charge in [0.2, 0.25) is 0 Å². The highest BCUT2D eigenvalue weighted by Crippen LogP contribution is 2.36. The largest absolute Gasteiger partial charge is 0.439 e. The summed E-state index contributed by atoms with van der Waals surface area (Å²) < 4.78 is 5.34. The molecule has 0 aliphatic carbocycles. The average Bonchev–Trinajstić information content (AvgIpc) is 2.61. The summed E-state index contributed by atoms with van der Waals surface area (Å²) in [6, 6.07) is 9.87. The van der Waals surface area contributed by atoms with Crippen LogP contribution in [0.3, 0.4) is 0 Å². The molecule has 1 aliphatic heterocycles. The third-order valence-electron chi connectivity index (χ3n) is 2.87. The Hall–Kier alpha value is -1.51. The van der Waals surface area contributed by atoms with Crippen molar-refractivity contribution in [3.8, 4) is 0 Å². The minimum absolute atomic E-state index is 0.0161. The molecule has 0 unspecified atom stereocenters. The number of carbonyl (C=O) groups is 1. The van der Waals surface area contributed by atoms with Gasteiger partial charge in [-0.15, -0.1) is 0 Å². The monoisotopic (exact) mass is 219 g/mol. The normalized spacial score (nSPS) is 25.1. The number of hydrogen-bond acceptors (Lipinski definition) is 2. The lowest BCUT2D eigenvalue weighted by Crippen LogP contribution is -2.39. The fraction of sp³-hybridized carbons (Fsp3) is 0.462. The Bertz CT molecular complexity index is 381. The van der Waals surface area contributed by atoms with Gasteiger partial charge in [-0.3, -0.25) is 0 Å². The van der Waals surface area contributed by atoms with Gasteiger partial charge >= 0.3 is 6.09 Å². The third kappa shape index (κ3) is 2.03. The number of ether oxygens (including phenoxy) is 1. The van der Waals surface area contributed by atoms with Gasteiger partial charge in [-0.2, -0.15) is 0 Å². The Balaban J connectivity index is 2.30. The molecule has 0 radical (unpaired) electrons. The summed E-state index contributed by atoms with van der Waals surface area (Å²) in [4.78, 5) is 11.4. The van der Waals surface area contributed by atoms with Crippen molar-refractivity contribution in [3.05, 3.63) is 35.9 Å². The van der Waals surface area contributed by atoms with Gasteiger partial charge in [-0.1, -0.05) is 51.1 Å². The maximum atomic E-state index is 11.4. The van der Waals surface area contributed by atoms with Gasteiger partial charge in [0.05, 0.1) is 6.04 Å². The van der Waals surface area contributed by atoms with E-state index in [9.17, 15) is 4.79 Å². The number of alkyl carbamates (subject to hydrolysis) is 1. The number of hydrogen-bond donors (Lipinski definition) is 1. The Labute approximate surface area is 95.8 Å². The molecule has 1 fully saturated rings. The lowest BCUT2D eigenvalue weighted by Gasteiger charge is -2.29. The lowest BCUT2D eigenvalue weighted by atomic mass is 9.82. The predicted octanol–water partition coefficient (Wildman–Crippen LogP) is 2.88. The molecular weight excluding hydrogens is 202 g/mol. The quantitative estimate of drug-likeness (QED) is 0.788. The number of nitrogens with one attached hydrogen (secondary N) is 1. The van der Waals surface area contributed by atoms with E-state index in [2.05, 4.69) is 26.1 Å². The summed E-state index contributed by atoms with van der Waals surface area (Å²) >= 11 is 0. The number of carbonyl (C=O) groups excluding carboxylic acids is 1. The standard InChI is InChI=1S/C13H17NO2/c1-13(2,3)11-10(16-12(15)14-11)9-7-5-4-6-8-9/h4-8,10-11H,1-3H3,(H,14,15)/t10-,11-/m0/s1. The van der Waals surface area contributed by atoms with Crippen molar-refractivity contribution in [2.24, 2.45) is 5.41 Å². The van der Waals surface area contributed by atoms with Crippen molar-refractivity contribution in [1.82, 2.24) is 5.32 Å². The van der Waals surface area contributed by atoms with E-state index in [1.807, 2.05) is 30.3 Å². The summed E-state index contributed by atoms with van der Waals surface area (Å²) in [7, 11) is 0. The molecule has 2 atom stereocenters. The minimum atomic E-state index is -0.325. The molecular formula is C13H17NO2. The molecule has 16 heavy (non-hydrogen) atoms. The maximum Gasteiger partial charge on any atom is 0.408 e. The van der Waals surface area contributed by atoms with Crippen molar-refractivity contribution < 1.29 is 9.53 Å². The molecule has 1 saturated heterocycles. The van der Waals surface area contributed by atoms with E-state index in [1.54, 1.807) is 0 Å². The van der Waals surface area contributed by atoms with E-state index in [1.165, 1.54) is 0 Å². The first kappa shape index (κ1) is 11.0. The van der Waals surface area contributed by atoms with Gasteiger partial charge in [-0.25, -0.2) is 4.79 Å². The Morgan fingerprint density at radius 3 is 2.38 bits per heavy atom. The van der Waals surface area contributed by atoms with Crippen LogP contribution in [-0.2, 0) is 4.74 Å². The minimum Gasteiger partial charge on any atom is -0.439 e. The van der Waals surface area contributed by atoms with E-state index >= 15 is 0 Å². The van der Waals surface area contributed by atoms with Crippen LogP contribution in [0.4, 0.5) is 4.79 Å². The second-order valence-corrected chi connectivity index (χ2v) is 5.22. The highest BCUT2D eigenvalue weighted by Gasteiger charge is 2.42. The predicted molar refractivity (Wildman–Crippen MR) is 62.0 cm³/mol. The first-order chi connectivity index (χ1) is 7.48. The highest BCUT2D eigenvalue weighted by molar-refractivity contribution is 5.70. The Morgan fingerprint density at radius 1 is 1.19 bits per heavy atom. The summed E-state index contributed by atoms with van der Waals surface area (Å²) in [5.41, 5.74) is 1.02. The number of cyclic esters (lactones) is 1. The van der Waals surface area contributed by atoms with Gasteiger partial charge in [0, 0.05) is 0 Å². The lowest BCUT2D eigenvalue weighted by molar-refractivity contribution is 0.111. The molecule has 1 aliphatic rings. The molecule has 1 N–H and O–H groups in total. The molecule has 0 spiro atoms. The van der Waals surface area contributed by atoms with Crippen LogP contribution < -0.4 is 5.32 Å². The molecule has 3 nitrogen and oxygen atoms in total. The zero-order chi connectivity index (χ0) is 11.8. The SMILES string of the molecule is CC(C)(C)[C@H]1NC(=O)O[C@H]1c1ccccc1. The summed E-state index contributed by atoms with van der Waals surface area (Å²) in [5.74, 6) is 0. The van der Waals surface area contributed by atoms with E-state index in [-0.39, 0.29) is 23.7 Å². The van der Waals surface area contributed by atoms with E-state index < -0.39 is 0 Å². The van der Waals surface area contributed by atoms with Gasteiger partial charge in [0.15, 0.2) is 0 Å². The van der Waals surface area contributed by atoms with Crippen LogP contribution in [0.5, 0.6) is 0 Å². The highest BCUT2D eigenvalue weighted by atomic mass is 16.6. The molecule has 1 heterocycles. The number of rotatable bonds is 1. The number of benzene rings is 1. The van der Waals surface area contributed by atoms with Crippen LogP contribution in [0.2, 0.25) is 0 Å². The molecule has 1 aromatic carbocycles. The average molecular weight is 219 g/mol. The van der Waals surface area contributed by atoms with Crippen LogP contribution in [-0.4, -0.2) is 12.1 Å². The summed E-state index contributed by atoms with van der Waals surface area (Å²) in [6.07, 6.45) is -0.512. The van der Waals surface area contributed by atoms with Crippen LogP contribution in [0.1, 0.15) is 32.4 Å². The molecule has 1 amide bonds. The fourth-order valence-corrected chi connectivity index (χ4v) is 1.99. The van der Waals surface area contributed by atoms with Gasteiger partial charge in [0.1, 0.15) is 6.10 Å². The van der Waals surface area contributed by atoms with Crippen molar-refractivity contribution in [2.75, 3.05) is 0 Å². The summed E-state index contributed by atoms with van der Waals surface area (Å²) in [6.45, 7) is 6.30. The molecule has 3 heteroatoms. The molecule has 0 bridgehead atoms. The van der Waals surface area contributed by atoms with E-state index in [4.69, 9.17) is 4.74 Å². The van der Waals surface area contributed by atoms with Crippen molar-refractivity contribution in [2.45, 2.75) is 32.9 Å². The van der Waals surface area contributed by atoms with Crippen molar-refractivity contribution in [3.63, 3.8) is 0 Å². The van der Waals surface area contributed by atoms with Crippen LogP contribution >= 0.6 is 0 Å². The fourth-order valence-electron chi connectivity index (χ4n) is 1.99. The van der Waals surface area contributed by atoms with E-state index in [0.29, 0.717) is 0 Å². The zero-order valence-corrected chi connectivity index (χ0v) is 9.86. The van der Waals surface area contributed by atoms with Crippen molar-refractivity contribution >= 4 is 6.09 Å². The Kier molecular flexibility index (Phi) is 2.62. The first-order valence-electron chi connectivity index (χ1n) is 5.50. The zero-order valence-electron chi connectivity index (χ0n) is 9.86. The second-order valence-electron chi connectivity index (χ2n) is 5.22. The Morgan fingerprint density at radius 2 is 1.81 bits per heavy atom. The maximum absolute atomic E-state index is 11.4.